The summed E-state index contributed by atoms with van der Waals surface area (Å²) in [6.45, 7) is 3.38. The van der Waals surface area contributed by atoms with Crippen LogP contribution in [0.3, 0.4) is 0 Å². The molecule has 2 aliphatic heterocycles. The summed E-state index contributed by atoms with van der Waals surface area (Å²) in [5.41, 5.74) is -0.0578. The van der Waals surface area contributed by atoms with Gasteiger partial charge in [0.2, 0.25) is 5.91 Å². The molecule has 2 unspecified atom stereocenters. The highest BCUT2D eigenvalue weighted by atomic mass is 35.5. The first kappa shape index (κ1) is 17.0. The molecule has 1 aromatic heterocycles. The van der Waals surface area contributed by atoms with Gasteiger partial charge in [0.25, 0.3) is 0 Å². The van der Waals surface area contributed by atoms with Crippen LogP contribution in [0.2, 0.25) is 5.15 Å². The lowest BCUT2D eigenvalue weighted by molar-refractivity contribution is -0.134. The van der Waals surface area contributed by atoms with Crippen LogP contribution in [0.5, 0.6) is 0 Å². The van der Waals surface area contributed by atoms with Crippen LogP contribution in [0.1, 0.15) is 31.9 Å². The van der Waals surface area contributed by atoms with Crippen molar-refractivity contribution in [3.05, 3.63) is 23.2 Å². The summed E-state index contributed by atoms with van der Waals surface area (Å²) in [5, 5.41) is 3.19. The SMILES string of the molecule is CN1CCC2CCC(C)(C(=O)NCc3nccnc3Cl)CN2C1=O. The fourth-order valence-electron chi connectivity index (χ4n) is 3.44. The number of fused-ring (bicyclic) bond motifs is 1. The standard InChI is InChI=1S/C16H22ClN5O2/c1-16(14(23)20-9-12-13(17)19-7-6-18-12)5-3-11-4-8-21(2)15(24)22(11)10-16/h6-7,11H,3-5,8-10H2,1-2H3,(H,20,23). The zero-order valence-corrected chi connectivity index (χ0v) is 14.7. The number of hydrogen-bond acceptors (Lipinski definition) is 4. The summed E-state index contributed by atoms with van der Waals surface area (Å²) in [7, 11) is 1.81. The highest BCUT2D eigenvalue weighted by molar-refractivity contribution is 6.29. The molecule has 0 aliphatic carbocycles. The van der Waals surface area contributed by atoms with Crippen molar-refractivity contribution in [2.75, 3.05) is 20.1 Å². The van der Waals surface area contributed by atoms with E-state index in [0.29, 0.717) is 17.4 Å². The number of carbonyl (C=O) groups excluding carboxylic acids is 2. The molecule has 2 aliphatic rings. The lowest BCUT2D eigenvalue weighted by Gasteiger charge is -2.48. The number of aromatic nitrogens is 2. The lowest BCUT2D eigenvalue weighted by atomic mass is 9.77. The van der Waals surface area contributed by atoms with Gasteiger partial charge in [-0.25, -0.2) is 9.78 Å². The number of urea groups is 1. The smallest absolute Gasteiger partial charge is 0.320 e. The minimum absolute atomic E-state index is 0.0157. The Hall–Kier alpha value is -1.89. The Labute approximate surface area is 146 Å². The Morgan fingerprint density at radius 3 is 2.92 bits per heavy atom. The van der Waals surface area contributed by atoms with Crippen LogP contribution in [0, 0.1) is 5.41 Å². The molecule has 0 saturated carbocycles. The van der Waals surface area contributed by atoms with Gasteiger partial charge in [0.05, 0.1) is 17.7 Å². The maximum atomic E-state index is 12.7. The van der Waals surface area contributed by atoms with Crippen molar-refractivity contribution >= 4 is 23.5 Å². The number of piperidine rings is 1. The highest BCUT2D eigenvalue weighted by Gasteiger charge is 2.45. The quantitative estimate of drug-likeness (QED) is 0.898. The van der Waals surface area contributed by atoms with Crippen LogP contribution >= 0.6 is 11.6 Å². The first-order valence-electron chi connectivity index (χ1n) is 8.16. The molecule has 3 rings (SSSR count). The minimum Gasteiger partial charge on any atom is -0.350 e. The van der Waals surface area contributed by atoms with E-state index in [-0.39, 0.29) is 24.5 Å². The number of nitrogens with zero attached hydrogens (tertiary/aromatic N) is 4. The zero-order valence-electron chi connectivity index (χ0n) is 14.0. The molecule has 24 heavy (non-hydrogen) atoms. The molecule has 2 saturated heterocycles. The fourth-order valence-corrected chi connectivity index (χ4v) is 3.61. The van der Waals surface area contributed by atoms with E-state index in [2.05, 4.69) is 15.3 Å². The molecule has 0 aromatic carbocycles. The molecule has 7 nitrogen and oxygen atoms in total. The number of amides is 3. The number of halogens is 1. The van der Waals surface area contributed by atoms with Gasteiger partial charge in [-0.1, -0.05) is 11.6 Å². The Balaban J connectivity index is 1.66. The number of carbonyl (C=O) groups is 2. The summed E-state index contributed by atoms with van der Waals surface area (Å²) < 4.78 is 0. The third-order valence-corrected chi connectivity index (χ3v) is 5.36. The van der Waals surface area contributed by atoms with Crippen LogP contribution in [-0.2, 0) is 11.3 Å². The van der Waals surface area contributed by atoms with E-state index in [1.54, 1.807) is 18.1 Å². The van der Waals surface area contributed by atoms with Gasteiger partial charge in [0, 0.05) is 38.6 Å². The fraction of sp³-hybridized carbons (Fsp3) is 0.625. The predicted octanol–water partition coefficient (Wildman–Crippen LogP) is 1.67. The van der Waals surface area contributed by atoms with E-state index in [9.17, 15) is 9.59 Å². The molecule has 0 bridgehead atoms. The molecule has 130 valence electrons. The summed E-state index contributed by atoms with van der Waals surface area (Å²) in [5.74, 6) is -0.0799. The van der Waals surface area contributed by atoms with Gasteiger partial charge >= 0.3 is 6.03 Å². The van der Waals surface area contributed by atoms with Crippen molar-refractivity contribution < 1.29 is 9.59 Å². The highest BCUT2D eigenvalue weighted by Crippen LogP contribution is 2.36. The monoisotopic (exact) mass is 351 g/mol. The Bertz CT molecular complexity index is 655. The van der Waals surface area contributed by atoms with Crippen LogP contribution in [-0.4, -0.2) is 57.9 Å². The minimum atomic E-state index is -0.598. The molecule has 2 atom stereocenters. The Morgan fingerprint density at radius 1 is 1.42 bits per heavy atom. The molecule has 0 radical (unpaired) electrons. The second kappa shape index (κ2) is 6.55. The molecule has 1 aromatic rings. The van der Waals surface area contributed by atoms with Crippen molar-refractivity contribution in [3.8, 4) is 0 Å². The van der Waals surface area contributed by atoms with Gasteiger partial charge in [-0.3, -0.25) is 9.78 Å². The average molecular weight is 352 g/mol. The Morgan fingerprint density at radius 2 is 2.17 bits per heavy atom. The van der Waals surface area contributed by atoms with Crippen molar-refractivity contribution in [1.29, 1.82) is 0 Å². The van der Waals surface area contributed by atoms with Crippen LogP contribution in [0.25, 0.3) is 0 Å². The van der Waals surface area contributed by atoms with Crippen molar-refractivity contribution in [3.63, 3.8) is 0 Å². The van der Waals surface area contributed by atoms with Crippen molar-refractivity contribution in [2.24, 2.45) is 5.41 Å². The van der Waals surface area contributed by atoms with Crippen LogP contribution < -0.4 is 5.32 Å². The third-order valence-electron chi connectivity index (χ3n) is 5.05. The van der Waals surface area contributed by atoms with E-state index in [4.69, 9.17) is 11.6 Å². The molecular formula is C16H22ClN5O2. The van der Waals surface area contributed by atoms with Crippen LogP contribution in [0.4, 0.5) is 4.79 Å². The van der Waals surface area contributed by atoms with E-state index in [1.807, 2.05) is 11.8 Å². The van der Waals surface area contributed by atoms with Gasteiger partial charge in [0.15, 0.2) is 5.15 Å². The molecule has 3 amide bonds. The molecule has 2 fully saturated rings. The summed E-state index contributed by atoms with van der Waals surface area (Å²) in [6, 6.07) is 0.269. The second-order valence-corrected chi connectivity index (χ2v) is 7.21. The van der Waals surface area contributed by atoms with Crippen LogP contribution in [0.15, 0.2) is 12.4 Å². The van der Waals surface area contributed by atoms with E-state index < -0.39 is 5.41 Å². The average Bonchev–Trinajstić information content (AvgIpc) is 2.57. The second-order valence-electron chi connectivity index (χ2n) is 6.85. The van der Waals surface area contributed by atoms with Gasteiger partial charge in [0.1, 0.15) is 0 Å². The first-order chi connectivity index (χ1) is 11.4. The predicted molar refractivity (Wildman–Crippen MR) is 89.4 cm³/mol. The number of rotatable bonds is 3. The third kappa shape index (κ3) is 3.17. The molecular weight excluding hydrogens is 330 g/mol. The zero-order chi connectivity index (χ0) is 17.3. The van der Waals surface area contributed by atoms with E-state index in [1.165, 1.54) is 6.20 Å². The molecule has 8 heteroatoms. The van der Waals surface area contributed by atoms with E-state index >= 15 is 0 Å². The van der Waals surface area contributed by atoms with Crippen molar-refractivity contribution in [1.82, 2.24) is 25.1 Å². The van der Waals surface area contributed by atoms with Gasteiger partial charge in [-0.2, -0.15) is 0 Å². The molecule has 3 heterocycles. The van der Waals surface area contributed by atoms with Gasteiger partial charge in [-0.15, -0.1) is 0 Å². The maximum Gasteiger partial charge on any atom is 0.320 e. The normalized spacial score (nSPS) is 27.0. The molecule has 0 spiro atoms. The topological polar surface area (TPSA) is 78.4 Å². The summed E-state index contributed by atoms with van der Waals surface area (Å²) in [4.78, 5) is 36.7. The number of hydrogen-bond donors (Lipinski definition) is 1. The lowest BCUT2D eigenvalue weighted by Crippen LogP contribution is -2.61. The summed E-state index contributed by atoms with van der Waals surface area (Å²) in [6.07, 6.45) is 5.65. The first-order valence-corrected chi connectivity index (χ1v) is 8.54. The van der Waals surface area contributed by atoms with E-state index in [0.717, 1.165) is 25.8 Å². The van der Waals surface area contributed by atoms with Gasteiger partial charge < -0.3 is 15.1 Å². The molecule has 1 N–H and O–H groups in total. The van der Waals surface area contributed by atoms with Crippen molar-refractivity contribution in [2.45, 2.75) is 38.8 Å². The number of nitrogens with one attached hydrogen (secondary N) is 1. The largest absolute Gasteiger partial charge is 0.350 e. The Kier molecular flexibility index (Phi) is 4.62. The van der Waals surface area contributed by atoms with Gasteiger partial charge in [-0.05, 0) is 26.2 Å². The summed E-state index contributed by atoms with van der Waals surface area (Å²) >= 11 is 5.97. The maximum absolute atomic E-state index is 12.7.